The maximum Gasteiger partial charge on any atom is 0.375 e. The number of rotatable bonds is 5. The average Bonchev–Trinajstić information content (AvgIpc) is 2.53. The van der Waals surface area contributed by atoms with E-state index in [1.54, 1.807) is 19.2 Å². The SMILES string of the molecule is COc1ccc(COC(=O)C(=O)C2CCCCC2)cc1. The molecule has 4 nitrogen and oxygen atoms in total. The fraction of sp³-hybridized carbons (Fsp3) is 0.500. The van der Waals surface area contributed by atoms with Crippen LogP contribution in [0.1, 0.15) is 37.7 Å². The maximum atomic E-state index is 11.9. The number of methoxy groups -OCH3 is 1. The van der Waals surface area contributed by atoms with Gasteiger partial charge in [0, 0.05) is 5.92 Å². The monoisotopic (exact) mass is 276 g/mol. The first-order valence-electron chi connectivity index (χ1n) is 7.04. The first-order valence-corrected chi connectivity index (χ1v) is 7.04. The molecule has 0 unspecified atom stereocenters. The van der Waals surface area contributed by atoms with Crippen LogP contribution in [0.5, 0.6) is 5.75 Å². The number of ketones is 1. The van der Waals surface area contributed by atoms with Gasteiger partial charge in [-0.2, -0.15) is 0 Å². The lowest BCUT2D eigenvalue weighted by molar-refractivity contribution is -0.157. The van der Waals surface area contributed by atoms with Gasteiger partial charge < -0.3 is 9.47 Å². The van der Waals surface area contributed by atoms with Crippen molar-refractivity contribution in [3.8, 4) is 5.75 Å². The number of carbonyl (C=O) groups excluding carboxylic acids is 2. The second kappa shape index (κ2) is 7.08. The van der Waals surface area contributed by atoms with Gasteiger partial charge in [0.1, 0.15) is 12.4 Å². The van der Waals surface area contributed by atoms with Gasteiger partial charge in [0.2, 0.25) is 5.78 Å². The minimum Gasteiger partial charge on any atom is -0.497 e. The molecule has 0 atom stereocenters. The Bertz CT molecular complexity index is 458. The highest BCUT2D eigenvalue weighted by Gasteiger charge is 2.27. The number of hydrogen-bond acceptors (Lipinski definition) is 4. The molecule has 0 spiro atoms. The van der Waals surface area contributed by atoms with Crippen molar-refractivity contribution in [1.82, 2.24) is 0 Å². The normalized spacial score (nSPS) is 15.7. The van der Waals surface area contributed by atoms with E-state index in [2.05, 4.69) is 0 Å². The van der Waals surface area contributed by atoms with E-state index in [1.165, 1.54) is 0 Å². The molecule has 1 aliphatic rings. The van der Waals surface area contributed by atoms with E-state index < -0.39 is 5.97 Å². The molecule has 0 heterocycles. The minimum absolute atomic E-state index is 0.126. The van der Waals surface area contributed by atoms with Crippen molar-refractivity contribution in [2.75, 3.05) is 7.11 Å². The van der Waals surface area contributed by atoms with E-state index in [-0.39, 0.29) is 18.3 Å². The lowest BCUT2D eigenvalue weighted by Gasteiger charge is -2.19. The molecule has 1 aliphatic carbocycles. The number of carbonyl (C=O) groups is 2. The second-order valence-electron chi connectivity index (χ2n) is 5.12. The highest BCUT2D eigenvalue weighted by atomic mass is 16.5. The van der Waals surface area contributed by atoms with E-state index >= 15 is 0 Å². The topological polar surface area (TPSA) is 52.6 Å². The molecule has 0 aromatic heterocycles. The number of benzene rings is 1. The zero-order valence-electron chi connectivity index (χ0n) is 11.8. The van der Waals surface area contributed by atoms with Crippen LogP contribution in [0.2, 0.25) is 0 Å². The smallest absolute Gasteiger partial charge is 0.375 e. The molecule has 0 saturated heterocycles. The molecule has 108 valence electrons. The van der Waals surface area contributed by atoms with Crippen molar-refractivity contribution in [3.05, 3.63) is 29.8 Å². The molecule has 0 aliphatic heterocycles. The number of hydrogen-bond donors (Lipinski definition) is 0. The van der Waals surface area contributed by atoms with Crippen LogP contribution >= 0.6 is 0 Å². The summed E-state index contributed by atoms with van der Waals surface area (Å²) in [5, 5.41) is 0. The van der Waals surface area contributed by atoms with E-state index in [4.69, 9.17) is 9.47 Å². The van der Waals surface area contributed by atoms with Crippen molar-refractivity contribution in [3.63, 3.8) is 0 Å². The van der Waals surface area contributed by atoms with E-state index in [1.807, 2.05) is 12.1 Å². The summed E-state index contributed by atoms with van der Waals surface area (Å²) >= 11 is 0. The fourth-order valence-electron chi connectivity index (χ4n) is 2.47. The van der Waals surface area contributed by atoms with Gasteiger partial charge in [-0.1, -0.05) is 31.4 Å². The van der Waals surface area contributed by atoms with Gasteiger partial charge >= 0.3 is 5.97 Å². The molecule has 2 rings (SSSR count). The van der Waals surface area contributed by atoms with Gasteiger partial charge in [-0.3, -0.25) is 4.79 Å². The largest absolute Gasteiger partial charge is 0.497 e. The molecule has 0 bridgehead atoms. The standard InChI is InChI=1S/C16H20O4/c1-19-14-9-7-12(8-10-14)11-20-16(18)15(17)13-5-3-2-4-6-13/h7-10,13H,2-6,11H2,1H3. The Kier molecular flexibility index (Phi) is 5.16. The molecule has 4 heteroatoms. The zero-order valence-corrected chi connectivity index (χ0v) is 11.8. The number of Topliss-reactive ketones (excluding diaryl/α,β-unsaturated/α-hetero) is 1. The summed E-state index contributed by atoms with van der Waals surface area (Å²) in [6.45, 7) is 0.126. The third kappa shape index (κ3) is 3.83. The molecule has 1 aromatic rings. The summed E-state index contributed by atoms with van der Waals surface area (Å²) in [6.07, 6.45) is 4.85. The fourth-order valence-corrected chi connectivity index (χ4v) is 2.47. The predicted octanol–water partition coefficient (Wildman–Crippen LogP) is 2.89. The predicted molar refractivity (Wildman–Crippen MR) is 74.4 cm³/mol. The molecule has 1 fully saturated rings. The Balaban J connectivity index is 1.82. The molecule has 0 radical (unpaired) electrons. The Hall–Kier alpha value is -1.84. The Labute approximate surface area is 119 Å². The van der Waals surface area contributed by atoms with Crippen LogP contribution in [-0.4, -0.2) is 18.9 Å². The Morgan fingerprint density at radius 3 is 2.35 bits per heavy atom. The summed E-state index contributed by atoms with van der Waals surface area (Å²) in [7, 11) is 1.60. The first kappa shape index (κ1) is 14.6. The van der Waals surface area contributed by atoms with Crippen molar-refractivity contribution < 1.29 is 19.1 Å². The van der Waals surface area contributed by atoms with Gasteiger partial charge in [-0.05, 0) is 30.5 Å². The second-order valence-corrected chi connectivity index (χ2v) is 5.12. The van der Waals surface area contributed by atoms with E-state index in [0.717, 1.165) is 43.4 Å². The van der Waals surface area contributed by atoms with Crippen LogP contribution in [0.4, 0.5) is 0 Å². The zero-order chi connectivity index (χ0) is 14.4. The van der Waals surface area contributed by atoms with Crippen molar-refractivity contribution in [2.24, 2.45) is 5.92 Å². The van der Waals surface area contributed by atoms with E-state index in [9.17, 15) is 9.59 Å². The third-order valence-corrected chi connectivity index (χ3v) is 3.71. The van der Waals surface area contributed by atoms with Crippen LogP contribution in [0, 0.1) is 5.92 Å². The minimum atomic E-state index is -0.701. The summed E-state index contributed by atoms with van der Waals surface area (Å²) in [5.41, 5.74) is 0.843. The molecule has 1 aromatic carbocycles. The quantitative estimate of drug-likeness (QED) is 0.613. The van der Waals surface area contributed by atoms with Gasteiger partial charge in [0.15, 0.2) is 0 Å². The van der Waals surface area contributed by atoms with Crippen molar-refractivity contribution in [2.45, 2.75) is 38.7 Å². The lowest BCUT2D eigenvalue weighted by atomic mass is 9.86. The molecule has 0 N–H and O–H groups in total. The molecule has 1 saturated carbocycles. The van der Waals surface area contributed by atoms with Gasteiger partial charge in [-0.25, -0.2) is 4.79 Å². The number of ether oxygens (including phenoxy) is 2. The van der Waals surface area contributed by atoms with Gasteiger partial charge in [-0.15, -0.1) is 0 Å². The van der Waals surface area contributed by atoms with Crippen molar-refractivity contribution in [1.29, 1.82) is 0 Å². The van der Waals surface area contributed by atoms with Gasteiger partial charge in [0.05, 0.1) is 7.11 Å². The van der Waals surface area contributed by atoms with Crippen LogP contribution in [-0.2, 0) is 20.9 Å². The Morgan fingerprint density at radius 2 is 1.75 bits per heavy atom. The summed E-state index contributed by atoms with van der Waals surface area (Å²) in [4.78, 5) is 23.7. The van der Waals surface area contributed by atoms with Crippen LogP contribution in [0.25, 0.3) is 0 Å². The summed E-state index contributed by atoms with van der Waals surface area (Å²) < 4.78 is 10.1. The molecular weight excluding hydrogens is 256 g/mol. The van der Waals surface area contributed by atoms with Crippen molar-refractivity contribution >= 4 is 11.8 Å². The first-order chi connectivity index (χ1) is 9.70. The molecule has 20 heavy (non-hydrogen) atoms. The number of esters is 1. The summed E-state index contributed by atoms with van der Waals surface area (Å²) in [6, 6.07) is 7.23. The Morgan fingerprint density at radius 1 is 1.10 bits per heavy atom. The van der Waals surface area contributed by atoms with E-state index in [0.29, 0.717) is 0 Å². The highest BCUT2D eigenvalue weighted by Crippen LogP contribution is 2.24. The lowest BCUT2D eigenvalue weighted by Crippen LogP contribution is -2.27. The maximum absolute atomic E-state index is 11.9. The van der Waals surface area contributed by atoms with Crippen LogP contribution in [0.3, 0.4) is 0 Å². The van der Waals surface area contributed by atoms with Gasteiger partial charge in [0.25, 0.3) is 0 Å². The highest BCUT2D eigenvalue weighted by molar-refractivity contribution is 6.34. The third-order valence-electron chi connectivity index (χ3n) is 3.71. The molecular formula is C16H20O4. The summed E-state index contributed by atoms with van der Waals surface area (Å²) in [5.74, 6) is -0.448. The van der Waals surface area contributed by atoms with Crippen LogP contribution < -0.4 is 4.74 Å². The average molecular weight is 276 g/mol. The van der Waals surface area contributed by atoms with Crippen LogP contribution in [0.15, 0.2) is 24.3 Å². The molecule has 0 amide bonds.